The van der Waals surface area contributed by atoms with Gasteiger partial charge < -0.3 is 15.0 Å². The summed E-state index contributed by atoms with van der Waals surface area (Å²) < 4.78 is 28.7. The van der Waals surface area contributed by atoms with Gasteiger partial charge in [0.15, 0.2) is 9.84 Å². The Kier molecular flexibility index (Phi) is 5.84. The predicted molar refractivity (Wildman–Crippen MR) is 107 cm³/mol. The normalized spacial score (nSPS) is 18.3. The molecule has 1 atom stereocenters. The molecule has 7 nitrogen and oxygen atoms in total. The zero-order valence-corrected chi connectivity index (χ0v) is 16.8. The Labute approximate surface area is 160 Å². The van der Waals surface area contributed by atoms with E-state index in [4.69, 9.17) is 4.74 Å². The molecule has 0 amide bonds. The maximum atomic E-state index is 11.7. The molecular formula is C19H26N4O3S. The minimum atomic E-state index is -2.93. The first-order valence-electron chi connectivity index (χ1n) is 9.02. The van der Waals surface area contributed by atoms with Gasteiger partial charge in [0, 0.05) is 31.4 Å². The van der Waals surface area contributed by atoms with Gasteiger partial charge in [-0.25, -0.2) is 13.4 Å². The minimum Gasteiger partial charge on any atom is -0.497 e. The fourth-order valence-electron chi connectivity index (χ4n) is 3.19. The molecular weight excluding hydrogens is 364 g/mol. The van der Waals surface area contributed by atoms with Crippen molar-refractivity contribution in [2.75, 3.05) is 42.4 Å². The number of benzene rings is 1. The molecule has 2 heterocycles. The number of sulfone groups is 1. The molecule has 1 aliphatic heterocycles. The summed E-state index contributed by atoms with van der Waals surface area (Å²) in [6, 6.07) is 9.83. The molecule has 27 heavy (non-hydrogen) atoms. The summed E-state index contributed by atoms with van der Waals surface area (Å²) in [6.45, 7) is 2.62. The topological polar surface area (TPSA) is 84.4 Å². The van der Waals surface area contributed by atoms with E-state index in [0.29, 0.717) is 18.9 Å². The summed E-state index contributed by atoms with van der Waals surface area (Å²) in [5, 5.41) is 3.27. The lowest BCUT2D eigenvalue weighted by atomic mass is 10.1. The third-order valence-electron chi connectivity index (χ3n) is 4.81. The molecule has 3 rings (SSSR count). The molecule has 0 radical (unpaired) electrons. The summed E-state index contributed by atoms with van der Waals surface area (Å²) in [4.78, 5) is 11.0. The van der Waals surface area contributed by atoms with Gasteiger partial charge >= 0.3 is 0 Å². The highest BCUT2D eigenvalue weighted by molar-refractivity contribution is 7.91. The van der Waals surface area contributed by atoms with E-state index in [1.807, 2.05) is 49.2 Å². The molecule has 146 valence electrons. The summed E-state index contributed by atoms with van der Waals surface area (Å²) in [6.07, 6.45) is 1.48. The lowest BCUT2D eigenvalue weighted by Gasteiger charge is -2.25. The summed E-state index contributed by atoms with van der Waals surface area (Å²) >= 11 is 0. The first-order chi connectivity index (χ1) is 12.9. The number of hydrogen-bond donors (Lipinski definition) is 1. The van der Waals surface area contributed by atoms with Crippen molar-refractivity contribution in [1.82, 2.24) is 9.97 Å². The second-order valence-corrected chi connectivity index (χ2v) is 9.11. The lowest BCUT2D eigenvalue weighted by molar-refractivity contribution is 0.414. The highest BCUT2D eigenvalue weighted by atomic mass is 32.2. The smallest absolute Gasteiger partial charge is 0.224 e. The van der Waals surface area contributed by atoms with Crippen molar-refractivity contribution in [3.63, 3.8) is 0 Å². The fraction of sp³-hybridized carbons (Fsp3) is 0.474. The van der Waals surface area contributed by atoms with Gasteiger partial charge in [-0.1, -0.05) is 12.1 Å². The number of rotatable bonds is 7. The van der Waals surface area contributed by atoms with Gasteiger partial charge in [0.05, 0.1) is 18.6 Å². The number of aromatic nitrogens is 2. The molecule has 0 bridgehead atoms. The number of hydrogen-bond acceptors (Lipinski definition) is 7. The van der Waals surface area contributed by atoms with Crippen LogP contribution in [0.15, 0.2) is 30.3 Å². The van der Waals surface area contributed by atoms with Crippen LogP contribution in [0.4, 0.5) is 11.8 Å². The van der Waals surface area contributed by atoms with Crippen LogP contribution in [0.5, 0.6) is 5.75 Å². The summed E-state index contributed by atoms with van der Waals surface area (Å²) in [5.74, 6) is 2.59. The second-order valence-electron chi connectivity index (χ2n) is 6.88. The number of nitrogens with one attached hydrogen (secondary N) is 1. The number of ether oxygens (including phenoxy) is 1. The predicted octanol–water partition coefficient (Wildman–Crippen LogP) is 2.07. The Bertz CT molecular complexity index is 884. The first-order valence-corrected chi connectivity index (χ1v) is 10.8. The monoisotopic (exact) mass is 390 g/mol. The molecule has 0 spiro atoms. The van der Waals surface area contributed by atoms with Crippen molar-refractivity contribution < 1.29 is 13.2 Å². The number of nitrogens with zero attached hydrogens (tertiary/aromatic N) is 3. The van der Waals surface area contributed by atoms with Gasteiger partial charge in [0.2, 0.25) is 5.95 Å². The van der Waals surface area contributed by atoms with Gasteiger partial charge in [-0.05, 0) is 37.5 Å². The van der Waals surface area contributed by atoms with Gasteiger partial charge in [-0.15, -0.1) is 0 Å². The van der Waals surface area contributed by atoms with Crippen LogP contribution in [0.25, 0.3) is 0 Å². The zero-order valence-electron chi connectivity index (χ0n) is 16.0. The van der Waals surface area contributed by atoms with Crippen molar-refractivity contribution in [3.8, 4) is 5.75 Å². The van der Waals surface area contributed by atoms with Crippen molar-refractivity contribution >= 4 is 21.6 Å². The van der Waals surface area contributed by atoms with Gasteiger partial charge in [0.25, 0.3) is 0 Å². The highest BCUT2D eigenvalue weighted by Crippen LogP contribution is 2.22. The van der Waals surface area contributed by atoms with Crippen molar-refractivity contribution in [1.29, 1.82) is 0 Å². The molecule has 1 aromatic heterocycles. The molecule has 0 aliphatic carbocycles. The average Bonchev–Trinajstić information content (AvgIpc) is 3.01. The van der Waals surface area contributed by atoms with Gasteiger partial charge in [-0.3, -0.25) is 0 Å². The Hall–Kier alpha value is -2.35. The van der Waals surface area contributed by atoms with Gasteiger partial charge in [-0.2, -0.15) is 4.98 Å². The molecule has 1 aliphatic rings. The molecule has 1 saturated heterocycles. The third kappa shape index (κ3) is 5.09. The molecule has 8 heteroatoms. The number of aryl methyl sites for hydroxylation is 1. The van der Waals surface area contributed by atoms with E-state index in [9.17, 15) is 8.42 Å². The molecule has 0 saturated carbocycles. The van der Waals surface area contributed by atoms with Crippen LogP contribution < -0.4 is 15.0 Å². The van der Waals surface area contributed by atoms with Crippen LogP contribution in [0.3, 0.4) is 0 Å². The fourth-order valence-corrected chi connectivity index (χ4v) is 4.96. The Morgan fingerprint density at radius 2 is 2.00 bits per heavy atom. The van der Waals surface area contributed by atoms with Crippen LogP contribution in [0, 0.1) is 6.92 Å². The van der Waals surface area contributed by atoms with E-state index in [-0.39, 0.29) is 17.5 Å². The number of methoxy groups -OCH3 is 1. The highest BCUT2D eigenvalue weighted by Gasteiger charge is 2.31. The minimum absolute atomic E-state index is 0.0311. The van der Waals surface area contributed by atoms with Crippen LogP contribution in [0.2, 0.25) is 0 Å². The first kappa shape index (κ1) is 19.4. The SMILES string of the molecule is COc1ccc(CCNc2nc(C)cc(N(C)C3CCS(=O)(=O)C3)n2)cc1. The lowest BCUT2D eigenvalue weighted by Crippen LogP contribution is -2.33. The van der Waals surface area contributed by atoms with Crippen LogP contribution in [-0.4, -0.2) is 56.6 Å². The molecule has 1 N–H and O–H groups in total. The molecule has 1 unspecified atom stereocenters. The Balaban J connectivity index is 1.62. The quantitative estimate of drug-likeness (QED) is 0.775. The van der Waals surface area contributed by atoms with E-state index in [0.717, 1.165) is 23.7 Å². The van der Waals surface area contributed by atoms with Crippen LogP contribution in [-0.2, 0) is 16.3 Å². The second kappa shape index (κ2) is 8.12. The molecule has 1 aromatic carbocycles. The van der Waals surface area contributed by atoms with Crippen LogP contribution in [0.1, 0.15) is 17.7 Å². The standard InChI is InChI=1S/C19H26N4O3S/c1-14-12-18(23(2)16-9-11-27(24,25)13-16)22-19(21-14)20-10-8-15-4-6-17(26-3)7-5-15/h4-7,12,16H,8-11,13H2,1-3H3,(H,20,21,22). The van der Waals surface area contributed by atoms with Gasteiger partial charge in [0.1, 0.15) is 11.6 Å². The van der Waals surface area contributed by atoms with Crippen molar-refractivity contribution in [2.24, 2.45) is 0 Å². The van der Waals surface area contributed by atoms with E-state index < -0.39 is 9.84 Å². The largest absolute Gasteiger partial charge is 0.497 e. The summed E-state index contributed by atoms with van der Waals surface area (Å²) in [7, 11) is 0.623. The zero-order chi connectivity index (χ0) is 19.4. The Morgan fingerprint density at radius 3 is 2.63 bits per heavy atom. The molecule has 2 aromatic rings. The van der Waals surface area contributed by atoms with E-state index in [1.165, 1.54) is 5.56 Å². The van der Waals surface area contributed by atoms with E-state index >= 15 is 0 Å². The maximum absolute atomic E-state index is 11.7. The maximum Gasteiger partial charge on any atom is 0.224 e. The van der Waals surface area contributed by atoms with E-state index in [2.05, 4.69) is 15.3 Å². The summed E-state index contributed by atoms with van der Waals surface area (Å²) in [5.41, 5.74) is 2.05. The van der Waals surface area contributed by atoms with Crippen molar-refractivity contribution in [3.05, 3.63) is 41.6 Å². The number of anilines is 2. The molecule has 1 fully saturated rings. The average molecular weight is 391 g/mol. The van der Waals surface area contributed by atoms with Crippen molar-refractivity contribution in [2.45, 2.75) is 25.8 Å². The third-order valence-corrected chi connectivity index (χ3v) is 6.56. The van der Waals surface area contributed by atoms with Crippen LogP contribution >= 0.6 is 0 Å². The van der Waals surface area contributed by atoms with E-state index in [1.54, 1.807) is 7.11 Å². The Morgan fingerprint density at radius 1 is 1.26 bits per heavy atom.